The monoisotopic (exact) mass is 198 g/mol. The maximum absolute atomic E-state index is 9.79. The maximum atomic E-state index is 9.79. The van der Waals surface area contributed by atoms with Gasteiger partial charge in [0, 0.05) is 0 Å². The molecule has 1 N–H and O–H groups in total. The van der Waals surface area contributed by atoms with Crippen LogP contribution in [-0.2, 0) is 6.42 Å². The van der Waals surface area contributed by atoms with E-state index in [2.05, 4.69) is 37.6 Å². The lowest BCUT2D eigenvalue weighted by Gasteiger charge is -2.25. The Morgan fingerprint density at radius 3 is 2.62 bits per heavy atom. The molecule has 0 saturated carbocycles. The summed E-state index contributed by atoms with van der Waals surface area (Å²) in [4.78, 5) is 0. The minimum atomic E-state index is -0.201. The number of rotatable bonds is 3. The van der Waals surface area contributed by atoms with Gasteiger partial charge in [0.15, 0.2) is 0 Å². The van der Waals surface area contributed by atoms with Crippen molar-refractivity contribution in [3.63, 3.8) is 0 Å². The third kappa shape index (κ3) is 3.49. The Morgan fingerprint density at radius 2 is 2.15 bits per heavy atom. The van der Waals surface area contributed by atoms with E-state index >= 15 is 0 Å². The Kier molecular flexibility index (Phi) is 3.51. The molecule has 13 heavy (non-hydrogen) atoms. The second-order valence-electron chi connectivity index (χ2n) is 4.55. The molecule has 74 valence electrons. The van der Waals surface area contributed by atoms with Crippen molar-refractivity contribution in [2.45, 2.75) is 39.7 Å². The van der Waals surface area contributed by atoms with E-state index in [1.54, 1.807) is 11.3 Å². The fraction of sp³-hybridized carbons (Fsp3) is 0.636. The number of hydrogen-bond acceptors (Lipinski definition) is 2. The van der Waals surface area contributed by atoms with Gasteiger partial charge in [-0.15, -0.1) is 0 Å². The van der Waals surface area contributed by atoms with Crippen LogP contribution in [0.4, 0.5) is 0 Å². The fourth-order valence-electron chi connectivity index (χ4n) is 1.17. The van der Waals surface area contributed by atoms with E-state index in [4.69, 9.17) is 0 Å². The van der Waals surface area contributed by atoms with Gasteiger partial charge in [-0.2, -0.15) is 11.3 Å². The molecular formula is C11H18OS. The van der Waals surface area contributed by atoms with Crippen molar-refractivity contribution in [2.75, 3.05) is 0 Å². The minimum Gasteiger partial charge on any atom is -0.393 e. The Balaban J connectivity index is 2.35. The predicted octanol–water partition coefficient (Wildman–Crippen LogP) is 3.09. The Bertz CT molecular complexity index is 233. The van der Waals surface area contributed by atoms with E-state index in [9.17, 15) is 5.11 Å². The molecule has 1 aromatic rings. The van der Waals surface area contributed by atoms with E-state index in [-0.39, 0.29) is 11.5 Å². The first kappa shape index (κ1) is 10.7. The van der Waals surface area contributed by atoms with E-state index in [0.29, 0.717) is 0 Å². The summed E-state index contributed by atoms with van der Waals surface area (Å²) in [5.74, 6) is 0. The molecule has 0 bridgehead atoms. The second kappa shape index (κ2) is 4.25. The van der Waals surface area contributed by atoms with Crippen LogP contribution in [0.3, 0.4) is 0 Å². The van der Waals surface area contributed by atoms with Gasteiger partial charge in [-0.3, -0.25) is 0 Å². The Hall–Kier alpha value is -0.340. The number of aliphatic hydroxyl groups is 1. The molecule has 0 spiro atoms. The standard InChI is InChI=1S/C11H18OS/c1-11(2,3)10(12)5-4-9-6-7-13-8-9/h6-8,10,12H,4-5H2,1-3H3. The molecule has 0 fully saturated rings. The molecule has 1 nitrogen and oxygen atoms in total. The van der Waals surface area contributed by atoms with Crippen LogP contribution >= 0.6 is 11.3 Å². The summed E-state index contributed by atoms with van der Waals surface area (Å²) in [5, 5.41) is 14.0. The minimum absolute atomic E-state index is 0.00994. The lowest BCUT2D eigenvalue weighted by Crippen LogP contribution is -2.26. The van der Waals surface area contributed by atoms with Crippen LogP contribution in [0.2, 0.25) is 0 Å². The SMILES string of the molecule is CC(C)(C)C(O)CCc1ccsc1. The summed E-state index contributed by atoms with van der Waals surface area (Å²) in [6.45, 7) is 6.22. The first-order chi connectivity index (χ1) is 6.00. The third-order valence-corrected chi connectivity index (χ3v) is 3.02. The topological polar surface area (TPSA) is 20.2 Å². The van der Waals surface area contributed by atoms with Crippen LogP contribution in [0.1, 0.15) is 32.8 Å². The molecule has 0 radical (unpaired) electrons. The molecule has 1 atom stereocenters. The zero-order chi connectivity index (χ0) is 9.90. The summed E-state index contributed by atoms with van der Waals surface area (Å²) in [6, 6.07) is 2.13. The van der Waals surface area contributed by atoms with Crippen LogP contribution in [0.5, 0.6) is 0 Å². The molecule has 0 amide bonds. The van der Waals surface area contributed by atoms with Gasteiger partial charge >= 0.3 is 0 Å². The number of aryl methyl sites for hydroxylation is 1. The smallest absolute Gasteiger partial charge is 0.0591 e. The lowest BCUT2D eigenvalue weighted by atomic mass is 9.86. The molecule has 1 rings (SSSR count). The van der Waals surface area contributed by atoms with Crippen molar-refractivity contribution in [1.82, 2.24) is 0 Å². The molecule has 0 aliphatic carbocycles. The van der Waals surface area contributed by atoms with E-state index in [0.717, 1.165) is 12.8 Å². The number of aliphatic hydroxyl groups excluding tert-OH is 1. The highest BCUT2D eigenvalue weighted by molar-refractivity contribution is 7.07. The van der Waals surface area contributed by atoms with Crippen molar-refractivity contribution >= 4 is 11.3 Å². The van der Waals surface area contributed by atoms with Crippen LogP contribution in [0.15, 0.2) is 16.8 Å². The summed E-state index contributed by atoms with van der Waals surface area (Å²) in [5.41, 5.74) is 1.35. The first-order valence-electron chi connectivity index (χ1n) is 4.69. The van der Waals surface area contributed by atoms with Gasteiger partial charge in [-0.25, -0.2) is 0 Å². The van der Waals surface area contributed by atoms with Gasteiger partial charge in [0.05, 0.1) is 6.10 Å². The Morgan fingerprint density at radius 1 is 1.46 bits per heavy atom. The van der Waals surface area contributed by atoms with Crippen molar-refractivity contribution in [3.05, 3.63) is 22.4 Å². The molecule has 0 aliphatic rings. The first-order valence-corrected chi connectivity index (χ1v) is 5.63. The van der Waals surface area contributed by atoms with Gasteiger partial charge in [0.1, 0.15) is 0 Å². The van der Waals surface area contributed by atoms with E-state index < -0.39 is 0 Å². The summed E-state index contributed by atoms with van der Waals surface area (Å²) < 4.78 is 0. The highest BCUT2D eigenvalue weighted by Crippen LogP contribution is 2.23. The maximum Gasteiger partial charge on any atom is 0.0591 e. The summed E-state index contributed by atoms with van der Waals surface area (Å²) in [6.07, 6.45) is 1.65. The molecule has 1 unspecified atom stereocenters. The van der Waals surface area contributed by atoms with Gasteiger partial charge in [-0.1, -0.05) is 20.8 Å². The largest absolute Gasteiger partial charge is 0.393 e. The van der Waals surface area contributed by atoms with Crippen LogP contribution in [0.25, 0.3) is 0 Å². The molecular weight excluding hydrogens is 180 g/mol. The predicted molar refractivity (Wildman–Crippen MR) is 58.1 cm³/mol. The second-order valence-corrected chi connectivity index (χ2v) is 5.33. The molecule has 0 saturated heterocycles. The van der Waals surface area contributed by atoms with Gasteiger partial charge in [0.25, 0.3) is 0 Å². The number of thiophene rings is 1. The van der Waals surface area contributed by atoms with Crippen molar-refractivity contribution in [1.29, 1.82) is 0 Å². The van der Waals surface area contributed by atoms with Crippen LogP contribution < -0.4 is 0 Å². The van der Waals surface area contributed by atoms with Crippen LogP contribution in [-0.4, -0.2) is 11.2 Å². The molecule has 1 aromatic heterocycles. The third-order valence-electron chi connectivity index (χ3n) is 2.29. The van der Waals surface area contributed by atoms with Crippen molar-refractivity contribution in [2.24, 2.45) is 5.41 Å². The summed E-state index contributed by atoms with van der Waals surface area (Å²) >= 11 is 1.72. The average Bonchev–Trinajstić information content (AvgIpc) is 2.50. The van der Waals surface area contributed by atoms with Crippen molar-refractivity contribution < 1.29 is 5.11 Å². The molecule has 0 aliphatic heterocycles. The highest BCUT2D eigenvalue weighted by atomic mass is 32.1. The van der Waals surface area contributed by atoms with E-state index in [1.807, 2.05) is 0 Å². The zero-order valence-electron chi connectivity index (χ0n) is 8.58. The van der Waals surface area contributed by atoms with Gasteiger partial charge in [-0.05, 0) is 40.6 Å². The Labute approximate surface area is 84.4 Å². The van der Waals surface area contributed by atoms with E-state index in [1.165, 1.54) is 5.56 Å². The normalized spacial score (nSPS) is 14.5. The average molecular weight is 198 g/mol. The zero-order valence-corrected chi connectivity index (χ0v) is 9.40. The fourth-order valence-corrected chi connectivity index (χ4v) is 1.87. The summed E-state index contributed by atoms with van der Waals surface area (Å²) in [7, 11) is 0. The quantitative estimate of drug-likeness (QED) is 0.791. The molecule has 1 heterocycles. The van der Waals surface area contributed by atoms with Crippen molar-refractivity contribution in [3.8, 4) is 0 Å². The lowest BCUT2D eigenvalue weighted by molar-refractivity contribution is 0.0560. The van der Waals surface area contributed by atoms with Gasteiger partial charge in [0.2, 0.25) is 0 Å². The van der Waals surface area contributed by atoms with Crippen LogP contribution in [0, 0.1) is 5.41 Å². The molecule has 2 heteroatoms. The van der Waals surface area contributed by atoms with Gasteiger partial charge < -0.3 is 5.11 Å². The number of hydrogen-bond donors (Lipinski definition) is 1. The highest BCUT2D eigenvalue weighted by Gasteiger charge is 2.21. The molecule has 0 aromatic carbocycles.